The molecule has 0 atom stereocenters. The maximum Gasteiger partial charge on any atom is 0.240 e. The number of aromatic nitrogens is 2. The number of carbonyl (C=O) groups is 2. The average molecular weight is 473 g/mol. The van der Waals surface area contributed by atoms with Crippen LogP contribution in [0.2, 0.25) is 5.02 Å². The van der Waals surface area contributed by atoms with E-state index in [1.165, 1.54) is 18.0 Å². The van der Waals surface area contributed by atoms with Crippen molar-refractivity contribution in [2.45, 2.75) is 38.7 Å². The van der Waals surface area contributed by atoms with Crippen molar-refractivity contribution in [1.29, 1.82) is 0 Å². The predicted octanol–water partition coefficient (Wildman–Crippen LogP) is 3.69. The average Bonchev–Trinajstić information content (AvgIpc) is 3.15. The topological polar surface area (TPSA) is 96.2 Å². The Bertz CT molecular complexity index is 1100. The molecule has 0 bridgehead atoms. The summed E-state index contributed by atoms with van der Waals surface area (Å²) < 4.78 is 1.62. The summed E-state index contributed by atoms with van der Waals surface area (Å²) in [6, 6.07) is 13.0. The second kappa shape index (κ2) is 11.2. The summed E-state index contributed by atoms with van der Waals surface area (Å²) in [5, 5.41) is 16.5. The minimum Gasteiger partial charge on any atom is -0.390 e. The summed E-state index contributed by atoms with van der Waals surface area (Å²) in [6.45, 7) is 4.04. The number of halogens is 1. The zero-order chi connectivity index (χ0) is 23.1. The number of thioether (sulfide) groups is 1. The number of benzene rings is 2. The van der Waals surface area contributed by atoms with Crippen molar-refractivity contribution in [2.75, 3.05) is 11.1 Å². The van der Waals surface area contributed by atoms with Gasteiger partial charge in [-0.25, -0.2) is 4.98 Å². The van der Waals surface area contributed by atoms with Gasteiger partial charge in [-0.1, -0.05) is 53.2 Å². The third-order valence-corrected chi connectivity index (χ3v) is 6.00. The summed E-state index contributed by atoms with van der Waals surface area (Å²) in [4.78, 5) is 29.1. The van der Waals surface area contributed by atoms with Crippen LogP contribution in [0.5, 0.6) is 0 Å². The van der Waals surface area contributed by atoms with E-state index >= 15 is 0 Å². The van der Waals surface area contributed by atoms with Crippen molar-refractivity contribution in [3.63, 3.8) is 0 Å². The highest BCUT2D eigenvalue weighted by molar-refractivity contribution is 7.99. The molecule has 9 heteroatoms. The number of aliphatic hydroxyl groups excluding tert-OH is 1. The van der Waals surface area contributed by atoms with Crippen molar-refractivity contribution >= 4 is 40.9 Å². The third kappa shape index (κ3) is 6.59. The number of imidazole rings is 1. The first kappa shape index (κ1) is 23.8. The summed E-state index contributed by atoms with van der Waals surface area (Å²) >= 11 is 7.09. The van der Waals surface area contributed by atoms with Crippen LogP contribution in [0.3, 0.4) is 0 Å². The maximum absolute atomic E-state index is 12.5. The highest BCUT2D eigenvalue weighted by Gasteiger charge is 2.15. The molecule has 2 amide bonds. The van der Waals surface area contributed by atoms with Crippen LogP contribution in [0.1, 0.15) is 22.4 Å². The largest absolute Gasteiger partial charge is 0.390 e. The van der Waals surface area contributed by atoms with E-state index in [9.17, 15) is 14.7 Å². The molecule has 0 aliphatic rings. The minimum atomic E-state index is -0.257. The fraction of sp³-hybridized carbons (Fsp3) is 0.261. The molecule has 0 aliphatic carbocycles. The molecule has 0 saturated carbocycles. The van der Waals surface area contributed by atoms with Gasteiger partial charge in [-0.3, -0.25) is 9.59 Å². The Balaban J connectivity index is 1.58. The zero-order valence-electron chi connectivity index (χ0n) is 17.9. The first-order valence-electron chi connectivity index (χ1n) is 10.0. The first-order valence-corrected chi connectivity index (χ1v) is 11.4. The van der Waals surface area contributed by atoms with E-state index in [1.807, 2.05) is 44.2 Å². The number of aryl methyl sites for hydroxylation is 2. The number of hydrogen-bond acceptors (Lipinski definition) is 5. The van der Waals surface area contributed by atoms with Gasteiger partial charge in [0.05, 0.1) is 24.3 Å². The fourth-order valence-corrected chi connectivity index (χ4v) is 4.00. The summed E-state index contributed by atoms with van der Waals surface area (Å²) in [7, 11) is 0. The van der Waals surface area contributed by atoms with Gasteiger partial charge < -0.3 is 20.3 Å². The fourth-order valence-electron chi connectivity index (χ4n) is 3.08. The monoisotopic (exact) mass is 472 g/mol. The minimum absolute atomic E-state index is 0.00942. The number of nitrogens with one attached hydrogen (secondary N) is 2. The van der Waals surface area contributed by atoms with Crippen molar-refractivity contribution in [2.24, 2.45) is 0 Å². The highest BCUT2D eigenvalue weighted by Crippen LogP contribution is 2.21. The van der Waals surface area contributed by atoms with Crippen LogP contribution in [0.4, 0.5) is 5.69 Å². The molecule has 168 valence electrons. The summed E-state index contributed by atoms with van der Waals surface area (Å²) in [5.41, 5.74) is 4.31. The number of rotatable bonds is 9. The lowest BCUT2D eigenvalue weighted by Gasteiger charge is -2.12. The second-order valence-corrected chi connectivity index (χ2v) is 8.71. The summed E-state index contributed by atoms with van der Waals surface area (Å²) in [6.07, 6.45) is 1.51. The van der Waals surface area contributed by atoms with Gasteiger partial charge in [0, 0.05) is 17.3 Å². The van der Waals surface area contributed by atoms with Gasteiger partial charge in [-0.15, -0.1) is 0 Å². The Morgan fingerprint density at radius 2 is 1.88 bits per heavy atom. The molecule has 3 rings (SSSR count). The smallest absolute Gasteiger partial charge is 0.240 e. The molecule has 0 aliphatic heterocycles. The lowest BCUT2D eigenvalue weighted by atomic mass is 10.1. The Morgan fingerprint density at radius 1 is 1.12 bits per heavy atom. The second-order valence-electron chi connectivity index (χ2n) is 7.33. The lowest BCUT2D eigenvalue weighted by molar-refractivity contribution is -0.122. The van der Waals surface area contributed by atoms with Crippen LogP contribution in [-0.4, -0.2) is 32.2 Å². The van der Waals surface area contributed by atoms with E-state index in [0.717, 1.165) is 22.4 Å². The Morgan fingerprint density at radius 3 is 2.56 bits per heavy atom. The van der Waals surface area contributed by atoms with E-state index < -0.39 is 0 Å². The van der Waals surface area contributed by atoms with Crippen molar-refractivity contribution < 1.29 is 14.7 Å². The van der Waals surface area contributed by atoms with Crippen molar-refractivity contribution in [1.82, 2.24) is 14.9 Å². The van der Waals surface area contributed by atoms with Crippen molar-refractivity contribution in [3.8, 4) is 0 Å². The van der Waals surface area contributed by atoms with E-state index in [-0.39, 0.29) is 30.7 Å². The highest BCUT2D eigenvalue weighted by atomic mass is 35.5. The first-order chi connectivity index (χ1) is 15.4. The van der Waals surface area contributed by atoms with Crippen LogP contribution in [0, 0.1) is 13.8 Å². The number of aliphatic hydroxyl groups is 1. The number of amides is 2. The number of hydrogen-bond donors (Lipinski definition) is 3. The van der Waals surface area contributed by atoms with E-state index in [4.69, 9.17) is 11.6 Å². The maximum atomic E-state index is 12.5. The van der Waals surface area contributed by atoms with E-state index in [0.29, 0.717) is 22.4 Å². The normalized spacial score (nSPS) is 10.8. The Hall–Kier alpha value is -2.81. The number of carbonyl (C=O) groups excluding carboxylic acids is 2. The molecule has 32 heavy (non-hydrogen) atoms. The number of nitrogens with zero attached hydrogens (tertiary/aromatic N) is 2. The molecule has 2 aromatic carbocycles. The molecule has 1 heterocycles. The van der Waals surface area contributed by atoms with Gasteiger partial charge in [0.2, 0.25) is 11.8 Å². The molecule has 3 aromatic rings. The predicted molar refractivity (Wildman–Crippen MR) is 127 cm³/mol. The molecular weight excluding hydrogens is 448 g/mol. The lowest BCUT2D eigenvalue weighted by Crippen LogP contribution is -2.28. The molecule has 0 radical (unpaired) electrons. The SMILES string of the molecule is Cc1ccc(NC(=O)CSc2ncc(CO)n2CC(=O)NCc2ccc(Cl)cc2)c(C)c1. The van der Waals surface area contributed by atoms with Crippen LogP contribution in [-0.2, 0) is 29.3 Å². The quantitative estimate of drug-likeness (QED) is 0.413. The third-order valence-electron chi connectivity index (χ3n) is 4.76. The molecule has 1 aromatic heterocycles. The molecular formula is C23H25ClN4O3S. The molecule has 0 unspecified atom stereocenters. The van der Waals surface area contributed by atoms with Gasteiger partial charge in [-0.05, 0) is 43.2 Å². The summed E-state index contributed by atoms with van der Waals surface area (Å²) in [5.74, 6) is -0.273. The molecule has 0 saturated heterocycles. The molecule has 0 fully saturated rings. The Labute approximate surface area is 196 Å². The number of anilines is 1. The standard InChI is InChI=1S/C23H25ClN4O3S/c1-15-3-8-20(16(2)9-15)27-22(31)14-32-23-26-11-19(13-29)28(23)12-21(30)25-10-17-4-6-18(24)7-5-17/h3-9,11,29H,10,12-14H2,1-2H3,(H,25,30)(H,27,31). The van der Waals surface area contributed by atoms with Gasteiger partial charge in [-0.2, -0.15) is 0 Å². The van der Waals surface area contributed by atoms with Crippen LogP contribution in [0.25, 0.3) is 0 Å². The molecule has 7 nitrogen and oxygen atoms in total. The van der Waals surface area contributed by atoms with Crippen LogP contribution in [0.15, 0.2) is 53.8 Å². The van der Waals surface area contributed by atoms with Gasteiger partial charge in [0.15, 0.2) is 5.16 Å². The Kier molecular flexibility index (Phi) is 8.33. The van der Waals surface area contributed by atoms with Crippen LogP contribution >= 0.6 is 23.4 Å². The molecule has 3 N–H and O–H groups in total. The van der Waals surface area contributed by atoms with Crippen molar-refractivity contribution in [3.05, 3.63) is 76.1 Å². The van der Waals surface area contributed by atoms with E-state index in [1.54, 1.807) is 16.7 Å². The van der Waals surface area contributed by atoms with Gasteiger partial charge in [0.25, 0.3) is 0 Å². The van der Waals surface area contributed by atoms with E-state index in [2.05, 4.69) is 15.6 Å². The van der Waals surface area contributed by atoms with Crippen LogP contribution < -0.4 is 10.6 Å². The van der Waals surface area contributed by atoms with Gasteiger partial charge >= 0.3 is 0 Å². The van der Waals surface area contributed by atoms with Gasteiger partial charge in [0.1, 0.15) is 6.54 Å². The molecule has 0 spiro atoms. The zero-order valence-corrected chi connectivity index (χ0v) is 19.5.